The Morgan fingerprint density at radius 1 is 0.941 bits per heavy atom. The van der Waals surface area contributed by atoms with Crippen LogP contribution in [-0.4, -0.2) is 20.9 Å². The van der Waals surface area contributed by atoms with Gasteiger partial charge >= 0.3 is 118 Å². The number of benzene rings is 2. The van der Waals surface area contributed by atoms with E-state index in [-0.39, 0.29) is 20.9 Å². The zero-order chi connectivity index (χ0) is 11.9. The molecule has 0 heterocycles. The van der Waals surface area contributed by atoms with Gasteiger partial charge in [-0.05, 0) is 0 Å². The van der Waals surface area contributed by atoms with Crippen LogP contribution in [0.5, 0.6) is 0 Å². The van der Waals surface area contributed by atoms with E-state index in [0.717, 1.165) is 0 Å². The van der Waals surface area contributed by atoms with Crippen LogP contribution in [0.3, 0.4) is 0 Å². The number of rotatable bonds is 4. The van der Waals surface area contributed by atoms with Gasteiger partial charge in [0.05, 0.1) is 0 Å². The molecule has 0 aliphatic carbocycles. The van der Waals surface area contributed by atoms with Crippen LogP contribution in [0.2, 0.25) is 0 Å². The fourth-order valence-electron chi connectivity index (χ4n) is 1.35. The van der Waals surface area contributed by atoms with E-state index in [9.17, 15) is 0 Å². The van der Waals surface area contributed by atoms with Gasteiger partial charge in [0.15, 0.2) is 0 Å². The molecule has 2 aromatic carbocycles. The van der Waals surface area contributed by atoms with E-state index < -0.39 is 0 Å². The Kier molecular flexibility index (Phi) is 5.19. The van der Waals surface area contributed by atoms with Crippen LogP contribution in [0, 0.1) is 0 Å². The van der Waals surface area contributed by atoms with E-state index in [1.807, 2.05) is 11.8 Å². The summed E-state index contributed by atoms with van der Waals surface area (Å²) >= 11 is 1.64. The maximum absolute atomic E-state index is 2.30. The van der Waals surface area contributed by atoms with Crippen molar-refractivity contribution in [3.63, 3.8) is 0 Å². The van der Waals surface area contributed by atoms with Gasteiger partial charge in [0.2, 0.25) is 0 Å². The molecule has 0 saturated heterocycles. The van der Waals surface area contributed by atoms with Crippen molar-refractivity contribution in [2.75, 3.05) is 0 Å². The summed E-state index contributed by atoms with van der Waals surface area (Å²) in [6.45, 7) is 2.24. The summed E-state index contributed by atoms with van der Waals surface area (Å²) in [5.41, 5.74) is 0. The molecule has 0 fully saturated rings. The molecule has 0 N–H and O–H groups in total. The van der Waals surface area contributed by atoms with E-state index >= 15 is 0 Å². The third kappa shape index (κ3) is 4.60. The Hall–Kier alpha value is -0.680. The molecule has 86 valence electrons. The molecule has 0 spiro atoms. The van der Waals surface area contributed by atoms with Crippen molar-refractivity contribution < 1.29 is 0 Å². The third-order valence-corrected chi connectivity index (χ3v) is 6.31. The summed E-state index contributed by atoms with van der Waals surface area (Å²) in [5.74, 6) is 0. The molecule has 0 bridgehead atoms. The van der Waals surface area contributed by atoms with Gasteiger partial charge in [-0.2, -0.15) is 0 Å². The fraction of sp³-hybridized carbons (Fsp3) is 0.0667. The van der Waals surface area contributed by atoms with Crippen LogP contribution in [0.1, 0.15) is 6.92 Å². The van der Waals surface area contributed by atoms with Gasteiger partial charge in [0.1, 0.15) is 0 Å². The van der Waals surface area contributed by atoms with Crippen LogP contribution < -0.4 is 3.61 Å². The molecule has 0 unspecified atom stereocenters. The van der Waals surface area contributed by atoms with Crippen molar-refractivity contribution in [2.45, 2.75) is 11.8 Å². The van der Waals surface area contributed by atoms with Gasteiger partial charge < -0.3 is 0 Å². The molecular weight excluding hydrogens is 340 g/mol. The zero-order valence-corrected chi connectivity index (χ0v) is 12.8. The van der Waals surface area contributed by atoms with Crippen LogP contribution in [0.15, 0.2) is 74.6 Å². The van der Waals surface area contributed by atoms with Crippen LogP contribution in [-0.2, 0) is 0 Å². The summed E-state index contributed by atoms with van der Waals surface area (Å²) in [6.07, 6.45) is 0. The van der Waals surface area contributed by atoms with E-state index in [2.05, 4.69) is 73.0 Å². The minimum absolute atomic E-state index is 0.180. The maximum atomic E-state index is 2.30. The van der Waals surface area contributed by atoms with Crippen molar-refractivity contribution in [3.8, 4) is 0 Å². The summed E-state index contributed by atoms with van der Waals surface area (Å²) in [5, 5.41) is 2.30. The van der Waals surface area contributed by atoms with Crippen LogP contribution >= 0.6 is 11.8 Å². The van der Waals surface area contributed by atoms with E-state index in [1.54, 1.807) is 0 Å². The van der Waals surface area contributed by atoms with Crippen molar-refractivity contribution in [1.82, 2.24) is 0 Å². The molecule has 0 amide bonds. The molecule has 0 atom stereocenters. The molecule has 2 heteroatoms. The molecule has 0 nitrogen and oxygen atoms in total. The Bertz CT molecular complexity index is 477. The standard InChI is InChI=1S/C15H14STe/c1-13(17-15-10-6-3-7-11-15)12-16-14-8-4-2-5-9-14/h2-12H,1H3/b13-12-. The zero-order valence-electron chi connectivity index (χ0n) is 9.67. The summed E-state index contributed by atoms with van der Waals surface area (Å²) in [4.78, 5) is 1.31. The van der Waals surface area contributed by atoms with E-state index in [0.29, 0.717) is 0 Å². The molecule has 2 rings (SSSR count). The number of hydrogen-bond acceptors (Lipinski definition) is 1. The topological polar surface area (TPSA) is 0 Å². The van der Waals surface area contributed by atoms with Gasteiger partial charge in [-0.25, -0.2) is 0 Å². The Labute approximate surface area is 117 Å². The third-order valence-electron chi connectivity index (χ3n) is 2.13. The fourth-order valence-corrected chi connectivity index (χ4v) is 4.73. The first-order valence-electron chi connectivity index (χ1n) is 5.46. The predicted molar refractivity (Wildman–Crippen MR) is 77.9 cm³/mol. The van der Waals surface area contributed by atoms with Gasteiger partial charge in [-0.15, -0.1) is 0 Å². The van der Waals surface area contributed by atoms with Crippen LogP contribution in [0.4, 0.5) is 0 Å². The average Bonchev–Trinajstić information content (AvgIpc) is 2.39. The second-order valence-corrected chi connectivity index (χ2v) is 8.28. The Morgan fingerprint density at radius 3 is 2.18 bits per heavy atom. The quantitative estimate of drug-likeness (QED) is 0.597. The molecule has 17 heavy (non-hydrogen) atoms. The van der Waals surface area contributed by atoms with Gasteiger partial charge in [0.25, 0.3) is 0 Å². The van der Waals surface area contributed by atoms with Crippen molar-refractivity contribution in [2.24, 2.45) is 0 Å². The SMILES string of the molecule is C/C(=C/Sc1ccccc1)[Te]c1ccccc1. The first-order chi connectivity index (χ1) is 8.34. The van der Waals surface area contributed by atoms with Gasteiger partial charge in [0, 0.05) is 0 Å². The Balaban J connectivity index is 1.94. The van der Waals surface area contributed by atoms with Gasteiger partial charge in [-0.3, -0.25) is 0 Å². The number of thioether (sulfide) groups is 1. The number of hydrogen-bond donors (Lipinski definition) is 0. The van der Waals surface area contributed by atoms with Crippen LogP contribution in [0.25, 0.3) is 0 Å². The molecule has 0 saturated carbocycles. The summed E-state index contributed by atoms with van der Waals surface area (Å²) < 4.78 is 3.02. The normalized spacial score (nSPS) is 11.5. The van der Waals surface area contributed by atoms with Crippen molar-refractivity contribution in [3.05, 3.63) is 69.7 Å². The molecule has 0 aromatic heterocycles. The minimum atomic E-state index is -0.180. The van der Waals surface area contributed by atoms with Crippen molar-refractivity contribution >= 4 is 36.3 Å². The average molecular weight is 354 g/mol. The molecule has 2 aromatic rings. The molecular formula is C15H14STe. The molecule has 0 radical (unpaired) electrons. The first kappa shape index (κ1) is 12.8. The predicted octanol–water partition coefficient (Wildman–Crippen LogP) is 3.67. The summed E-state index contributed by atoms with van der Waals surface area (Å²) in [7, 11) is 0. The molecule has 0 aliphatic rings. The second kappa shape index (κ2) is 6.91. The summed E-state index contributed by atoms with van der Waals surface area (Å²) in [6, 6.07) is 21.3. The van der Waals surface area contributed by atoms with E-state index in [4.69, 9.17) is 0 Å². The number of allylic oxidation sites excluding steroid dienone is 1. The monoisotopic (exact) mass is 356 g/mol. The van der Waals surface area contributed by atoms with Gasteiger partial charge in [-0.1, -0.05) is 0 Å². The first-order valence-corrected chi connectivity index (χ1v) is 8.67. The second-order valence-electron chi connectivity index (χ2n) is 3.57. The Morgan fingerprint density at radius 2 is 1.53 bits per heavy atom. The van der Waals surface area contributed by atoms with Crippen molar-refractivity contribution in [1.29, 1.82) is 0 Å². The molecule has 0 aliphatic heterocycles. The van der Waals surface area contributed by atoms with E-state index in [1.165, 1.54) is 12.1 Å².